The van der Waals surface area contributed by atoms with Crippen molar-refractivity contribution in [3.05, 3.63) is 61.6 Å². The van der Waals surface area contributed by atoms with E-state index in [4.69, 9.17) is 9.47 Å². The smallest absolute Gasteiger partial charge is 0.408 e. The largest absolute Gasteiger partial charge is 0.445 e. The van der Waals surface area contributed by atoms with Crippen LogP contribution in [0.3, 0.4) is 0 Å². The van der Waals surface area contributed by atoms with Crippen molar-refractivity contribution >= 4 is 12.1 Å². The monoisotopic (exact) mass is 272 g/mol. The molecule has 0 atom stereocenters. The highest BCUT2D eigenvalue weighted by Crippen LogP contribution is 2.20. The molecule has 0 spiro atoms. The van der Waals surface area contributed by atoms with E-state index in [0.717, 1.165) is 5.56 Å². The van der Waals surface area contributed by atoms with Crippen LogP contribution in [-0.2, 0) is 16.1 Å². The van der Waals surface area contributed by atoms with Crippen LogP contribution in [0.2, 0.25) is 0 Å². The van der Waals surface area contributed by atoms with E-state index < -0.39 is 6.09 Å². The number of carbonyl (C=O) groups excluding carboxylic acids is 2. The lowest BCUT2D eigenvalue weighted by atomic mass is 10.2. The highest BCUT2D eigenvalue weighted by molar-refractivity contribution is 5.71. The summed E-state index contributed by atoms with van der Waals surface area (Å²) in [6.45, 7) is 1.48. The number of alkyl carbamates (subject to hydrolysis) is 1. The minimum Gasteiger partial charge on any atom is -0.445 e. The number of hydrogen-bond donors (Lipinski definition) is 1. The van der Waals surface area contributed by atoms with Gasteiger partial charge in [-0.05, 0) is 43.4 Å². The Morgan fingerprint density at radius 3 is 2.35 bits per heavy atom. The second kappa shape index (κ2) is 6.93. The first-order chi connectivity index (χ1) is 9.63. The minimum atomic E-state index is -0.514. The lowest BCUT2D eigenvalue weighted by Gasteiger charge is -2.11. The normalized spacial score (nSPS) is 14.8. The molecular formula is C15H14NO4. The Bertz CT molecular complexity index is 463. The van der Waals surface area contributed by atoms with Crippen molar-refractivity contribution in [2.45, 2.75) is 13.5 Å². The maximum absolute atomic E-state index is 11.5. The fourth-order valence-corrected chi connectivity index (χ4v) is 1.58. The Labute approximate surface area is 118 Å². The summed E-state index contributed by atoms with van der Waals surface area (Å²) in [5, 5.41) is 2.60. The van der Waals surface area contributed by atoms with Crippen LogP contribution in [0.25, 0.3) is 0 Å². The van der Waals surface area contributed by atoms with Gasteiger partial charge in [0.2, 0.25) is 0 Å². The summed E-state index contributed by atoms with van der Waals surface area (Å²) in [5.74, 6) is 0.0885. The number of benzene rings is 1. The summed E-state index contributed by atoms with van der Waals surface area (Å²) in [7, 11) is 0. The average molecular weight is 272 g/mol. The first kappa shape index (κ1) is 14.4. The van der Waals surface area contributed by atoms with Gasteiger partial charge >= 0.3 is 12.1 Å². The van der Waals surface area contributed by atoms with Crippen molar-refractivity contribution in [2.75, 3.05) is 0 Å². The number of amides is 1. The summed E-state index contributed by atoms with van der Waals surface area (Å²) in [6, 6.07) is 7.45. The molecule has 0 saturated heterocycles. The van der Waals surface area contributed by atoms with Crippen molar-refractivity contribution < 1.29 is 19.1 Å². The molecule has 1 aromatic carbocycles. The number of nitrogens with one attached hydrogen (secondary N) is 1. The van der Waals surface area contributed by atoms with E-state index in [0.29, 0.717) is 11.8 Å². The predicted molar refractivity (Wildman–Crippen MR) is 71.5 cm³/mol. The van der Waals surface area contributed by atoms with E-state index in [2.05, 4.69) is 5.32 Å². The van der Waals surface area contributed by atoms with Gasteiger partial charge in [-0.15, -0.1) is 0 Å². The maximum atomic E-state index is 11.5. The number of carbonyl (C=O) groups is 2. The second-order valence-corrected chi connectivity index (χ2v) is 4.11. The highest BCUT2D eigenvalue weighted by atomic mass is 16.5. The molecule has 5 radical (unpaired) electrons. The molecule has 2 rings (SSSR count). The molecule has 103 valence electrons. The van der Waals surface area contributed by atoms with Gasteiger partial charge < -0.3 is 14.8 Å². The van der Waals surface area contributed by atoms with Gasteiger partial charge in [-0.25, -0.2) is 4.79 Å². The fourth-order valence-electron chi connectivity index (χ4n) is 1.58. The molecule has 5 nitrogen and oxygen atoms in total. The predicted octanol–water partition coefficient (Wildman–Crippen LogP) is 2.20. The van der Waals surface area contributed by atoms with Gasteiger partial charge in [0.1, 0.15) is 12.4 Å². The molecular weight excluding hydrogens is 258 g/mol. The summed E-state index contributed by atoms with van der Waals surface area (Å²) < 4.78 is 9.97. The molecule has 0 heterocycles. The fraction of sp³-hybridized carbons (Fsp3) is 0.133. The zero-order chi connectivity index (χ0) is 14.4. The third-order valence-electron chi connectivity index (χ3n) is 2.46. The van der Waals surface area contributed by atoms with Gasteiger partial charge in [0, 0.05) is 6.92 Å². The highest BCUT2D eigenvalue weighted by Gasteiger charge is 2.19. The Morgan fingerprint density at radius 2 is 1.75 bits per heavy atom. The van der Waals surface area contributed by atoms with E-state index in [1.165, 1.54) is 6.92 Å². The third-order valence-corrected chi connectivity index (χ3v) is 2.46. The minimum absolute atomic E-state index is 0.146. The molecule has 1 amide bonds. The molecule has 1 saturated carbocycles. The summed E-state index contributed by atoms with van der Waals surface area (Å²) in [5.41, 5.74) is 0.804. The molecule has 1 aliphatic rings. The van der Waals surface area contributed by atoms with Gasteiger partial charge in [-0.3, -0.25) is 4.79 Å². The van der Waals surface area contributed by atoms with Crippen LogP contribution in [0.5, 0.6) is 5.75 Å². The van der Waals surface area contributed by atoms with Crippen LogP contribution < -0.4 is 10.1 Å². The molecule has 1 aliphatic carbocycles. The standard InChI is InChI=1S/C15H14NO4/c1-11(17)20-14-8-6-12(7-9-14)10-19-15(18)16-13-4-2-3-5-13/h2-9H,10H2,1H3,(H,16,18). The molecule has 5 heteroatoms. The molecule has 0 unspecified atom stereocenters. The van der Waals surface area contributed by atoms with Crippen LogP contribution in [0.15, 0.2) is 24.3 Å². The Balaban J connectivity index is 1.75. The van der Waals surface area contributed by atoms with Gasteiger partial charge in [0.15, 0.2) is 0 Å². The van der Waals surface area contributed by atoms with Crippen LogP contribution in [0, 0.1) is 31.7 Å². The lowest BCUT2D eigenvalue weighted by molar-refractivity contribution is -0.131. The van der Waals surface area contributed by atoms with E-state index in [1.807, 2.05) is 12.8 Å². The number of ether oxygens (including phenoxy) is 2. The van der Waals surface area contributed by atoms with Crippen molar-refractivity contribution in [1.82, 2.24) is 5.32 Å². The summed E-state index contributed by atoms with van der Waals surface area (Å²) in [4.78, 5) is 22.3. The molecule has 1 aromatic rings. The first-order valence-electron chi connectivity index (χ1n) is 6.06. The third kappa shape index (κ3) is 4.57. The molecule has 1 fully saturated rings. The number of hydrogen-bond acceptors (Lipinski definition) is 4. The van der Waals surface area contributed by atoms with Crippen LogP contribution in [0.1, 0.15) is 12.5 Å². The average Bonchev–Trinajstić information content (AvgIpc) is 2.90. The van der Waals surface area contributed by atoms with Crippen molar-refractivity contribution in [3.63, 3.8) is 0 Å². The van der Waals surface area contributed by atoms with E-state index in [-0.39, 0.29) is 12.6 Å². The topological polar surface area (TPSA) is 64.6 Å². The molecule has 0 aromatic heterocycles. The summed E-state index contributed by atoms with van der Waals surface area (Å²) >= 11 is 0. The van der Waals surface area contributed by atoms with Gasteiger partial charge in [0.05, 0.1) is 6.04 Å². The second-order valence-electron chi connectivity index (χ2n) is 4.11. The van der Waals surface area contributed by atoms with Crippen LogP contribution in [-0.4, -0.2) is 12.1 Å². The molecule has 0 aliphatic heterocycles. The Hall–Kier alpha value is -2.04. The quantitative estimate of drug-likeness (QED) is 0.674. The van der Waals surface area contributed by atoms with E-state index >= 15 is 0 Å². The van der Waals surface area contributed by atoms with Gasteiger partial charge in [-0.1, -0.05) is 12.1 Å². The first-order valence-corrected chi connectivity index (χ1v) is 6.06. The zero-order valence-electron chi connectivity index (χ0n) is 11.0. The van der Waals surface area contributed by atoms with Crippen LogP contribution in [0.4, 0.5) is 4.79 Å². The van der Waals surface area contributed by atoms with Crippen molar-refractivity contribution in [1.29, 1.82) is 0 Å². The zero-order valence-corrected chi connectivity index (χ0v) is 11.0. The van der Waals surface area contributed by atoms with E-state index in [1.54, 1.807) is 37.1 Å². The number of rotatable bonds is 4. The SMILES string of the molecule is CC(=O)Oc1ccc(COC(=O)N[C]2[CH][CH][CH][CH]2)cc1. The van der Waals surface area contributed by atoms with Crippen molar-refractivity contribution in [3.8, 4) is 5.75 Å². The van der Waals surface area contributed by atoms with Crippen LogP contribution >= 0.6 is 0 Å². The molecule has 1 N–H and O–H groups in total. The summed E-state index contributed by atoms with van der Waals surface area (Å²) in [6.07, 6.45) is 6.68. The molecule has 20 heavy (non-hydrogen) atoms. The van der Waals surface area contributed by atoms with Gasteiger partial charge in [0.25, 0.3) is 0 Å². The maximum Gasteiger partial charge on any atom is 0.408 e. The Kier molecular flexibility index (Phi) is 4.98. The number of esters is 1. The van der Waals surface area contributed by atoms with E-state index in [9.17, 15) is 9.59 Å². The van der Waals surface area contributed by atoms with Gasteiger partial charge in [-0.2, -0.15) is 0 Å². The van der Waals surface area contributed by atoms with Crippen molar-refractivity contribution in [2.24, 2.45) is 0 Å². The molecule has 0 bridgehead atoms. The lowest BCUT2D eigenvalue weighted by Crippen LogP contribution is -2.27. The Morgan fingerprint density at radius 1 is 1.10 bits per heavy atom.